The zero-order chi connectivity index (χ0) is 10.2. The number of benzene rings is 1. The lowest BCUT2D eigenvalue weighted by Crippen LogP contribution is -2.10. The molecule has 0 bridgehead atoms. The van der Waals surface area contributed by atoms with E-state index in [0.717, 1.165) is 0 Å². The quantitative estimate of drug-likeness (QED) is 0.430. The summed E-state index contributed by atoms with van der Waals surface area (Å²) in [4.78, 5) is 11.2. The molecule has 0 atom stereocenters. The third kappa shape index (κ3) is 3.55. The highest BCUT2D eigenvalue weighted by Crippen LogP contribution is 2.00. The third-order valence-electron chi connectivity index (χ3n) is 1.52. The first kappa shape index (κ1) is 10.7. The van der Waals surface area contributed by atoms with E-state index in [1.165, 1.54) is 0 Å². The average Bonchev–Trinajstić information content (AvgIpc) is 2.25. The molecule has 14 heavy (non-hydrogen) atoms. The molecule has 76 valence electrons. The summed E-state index contributed by atoms with van der Waals surface area (Å²) in [6.45, 7) is -0.0424. The molecule has 1 aromatic carbocycles. The number of carbonyl (C=O) groups is 1. The predicted molar refractivity (Wildman–Crippen MR) is 49.8 cm³/mol. The van der Waals surface area contributed by atoms with Crippen LogP contribution in [0.5, 0.6) is 0 Å². The van der Waals surface area contributed by atoms with Gasteiger partial charge in [-0.1, -0.05) is 18.2 Å². The van der Waals surface area contributed by atoms with Crippen LogP contribution in [-0.2, 0) is 9.47 Å². The topological polar surface area (TPSA) is 55.8 Å². The summed E-state index contributed by atoms with van der Waals surface area (Å²) in [5, 5.41) is 8.38. The molecular formula is C10H12O4. The van der Waals surface area contributed by atoms with Gasteiger partial charge >= 0.3 is 5.97 Å². The summed E-state index contributed by atoms with van der Waals surface area (Å²) >= 11 is 0. The van der Waals surface area contributed by atoms with Crippen molar-refractivity contribution in [1.29, 1.82) is 0 Å². The molecule has 0 radical (unpaired) electrons. The van der Waals surface area contributed by atoms with E-state index in [1.807, 2.05) is 6.07 Å². The third-order valence-corrected chi connectivity index (χ3v) is 1.52. The number of aliphatic hydroxyl groups is 1. The van der Waals surface area contributed by atoms with E-state index in [2.05, 4.69) is 0 Å². The first-order valence-electron chi connectivity index (χ1n) is 4.25. The summed E-state index contributed by atoms with van der Waals surface area (Å²) in [7, 11) is 0. The minimum absolute atomic E-state index is 0.0805. The normalized spacial score (nSPS) is 9.79. The monoisotopic (exact) mass is 196 g/mol. The molecule has 4 heteroatoms. The van der Waals surface area contributed by atoms with Crippen LogP contribution in [0.2, 0.25) is 0 Å². The van der Waals surface area contributed by atoms with E-state index >= 15 is 0 Å². The summed E-state index contributed by atoms with van der Waals surface area (Å²) in [5.41, 5.74) is 0.486. The fourth-order valence-electron chi connectivity index (χ4n) is 0.876. The first-order chi connectivity index (χ1) is 6.84. The Labute approximate surface area is 82.1 Å². The Kier molecular flexibility index (Phi) is 4.68. The molecule has 0 saturated heterocycles. The van der Waals surface area contributed by atoms with Crippen LogP contribution in [0, 0.1) is 0 Å². The van der Waals surface area contributed by atoms with Crippen molar-refractivity contribution >= 4 is 5.97 Å². The van der Waals surface area contributed by atoms with Gasteiger partial charge in [0.25, 0.3) is 0 Å². The molecular weight excluding hydrogens is 184 g/mol. The molecule has 0 spiro atoms. The lowest BCUT2D eigenvalue weighted by molar-refractivity contribution is -0.0399. The lowest BCUT2D eigenvalue weighted by Gasteiger charge is -2.04. The standard InChI is InChI=1S/C10H12O4/c11-6-7-13-8-14-10(12)9-4-2-1-3-5-9/h1-5,11H,6-8H2. The highest BCUT2D eigenvalue weighted by molar-refractivity contribution is 5.89. The van der Waals surface area contributed by atoms with Crippen molar-refractivity contribution < 1.29 is 19.4 Å². The van der Waals surface area contributed by atoms with Crippen LogP contribution in [0.15, 0.2) is 30.3 Å². The Bertz CT molecular complexity index is 271. The summed E-state index contributed by atoms with van der Waals surface area (Å²) < 4.78 is 9.54. The van der Waals surface area contributed by atoms with Crippen molar-refractivity contribution in [1.82, 2.24) is 0 Å². The number of esters is 1. The number of hydrogen-bond donors (Lipinski definition) is 1. The number of rotatable bonds is 5. The van der Waals surface area contributed by atoms with Gasteiger partial charge in [0.2, 0.25) is 0 Å². The highest BCUT2D eigenvalue weighted by atomic mass is 16.7. The molecule has 0 aliphatic carbocycles. The van der Waals surface area contributed by atoms with Gasteiger partial charge in [0.1, 0.15) is 0 Å². The first-order valence-corrected chi connectivity index (χ1v) is 4.25. The van der Waals surface area contributed by atoms with Gasteiger partial charge in [-0.2, -0.15) is 0 Å². The maximum atomic E-state index is 11.2. The van der Waals surface area contributed by atoms with E-state index in [1.54, 1.807) is 24.3 Å². The number of ether oxygens (including phenoxy) is 2. The van der Waals surface area contributed by atoms with E-state index < -0.39 is 5.97 Å². The van der Waals surface area contributed by atoms with Crippen LogP contribution in [0.3, 0.4) is 0 Å². The predicted octanol–water partition coefficient (Wildman–Crippen LogP) is 0.810. The van der Waals surface area contributed by atoms with Crippen molar-refractivity contribution in [3.8, 4) is 0 Å². The van der Waals surface area contributed by atoms with Crippen LogP contribution < -0.4 is 0 Å². The highest BCUT2D eigenvalue weighted by Gasteiger charge is 2.04. The second-order valence-electron chi connectivity index (χ2n) is 2.55. The zero-order valence-corrected chi connectivity index (χ0v) is 7.68. The fourth-order valence-corrected chi connectivity index (χ4v) is 0.876. The summed E-state index contributed by atoms with van der Waals surface area (Å²) in [5.74, 6) is -0.427. The van der Waals surface area contributed by atoms with Gasteiger partial charge in [-0.15, -0.1) is 0 Å². The Morgan fingerprint density at radius 1 is 1.29 bits per heavy atom. The molecule has 4 nitrogen and oxygen atoms in total. The Morgan fingerprint density at radius 2 is 2.00 bits per heavy atom. The zero-order valence-electron chi connectivity index (χ0n) is 7.68. The molecule has 0 amide bonds. The van der Waals surface area contributed by atoms with E-state index in [4.69, 9.17) is 14.6 Å². The van der Waals surface area contributed by atoms with Gasteiger partial charge in [-0.3, -0.25) is 0 Å². The molecule has 0 aromatic heterocycles. The molecule has 0 aliphatic heterocycles. The van der Waals surface area contributed by atoms with Crippen LogP contribution in [-0.4, -0.2) is 31.1 Å². The van der Waals surface area contributed by atoms with Gasteiger partial charge in [-0.25, -0.2) is 4.79 Å². The second-order valence-corrected chi connectivity index (χ2v) is 2.55. The number of carbonyl (C=O) groups excluding carboxylic acids is 1. The van der Waals surface area contributed by atoms with Crippen molar-refractivity contribution in [2.45, 2.75) is 0 Å². The molecule has 0 fully saturated rings. The summed E-state index contributed by atoms with van der Waals surface area (Å²) in [6.07, 6.45) is 0. The molecule has 1 aromatic rings. The second kappa shape index (κ2) is 6.12. The Balaban J connectivity index is 2.29. The molecule has 0 heterocycles. The minimum atomic E-state index is -0.427. The Morgan fingerprint density at radius 3 is 2.64 bits per heavy atom. The van der Waals surface area contributed by atoms with E-state index in [0.29, 0.717) is 5.56 Å². The number of aliphatic hydroxyl groups excluding tert-OH is 1. The van der Waals surface area contributed by atoms with Crippen LogP contribution in [0.25, 0.3) is 0 Å². The Hall–Kier alpha value is -1.39. The maximum Gasteiger partial charge on any atom is 0.340 e. The fraction of sp³-hybridized carbons (Fsp3) is 0.300. The van der Waals surface area contributed by atoms with Gasteiger partial charge in [0, 0.05) is 0 Å². The molecule has 1 N–H and O–H groups in total. The van der Waals surface area contributed by atoms with Crippen LogP contribution >= 0.6 is 0 Å². The largest absolute Gasteiger partial charge is 0.435 e. The molecule has 1 rings (SSSR count). The smallest absolute Gasteiger partial charge is 0.340 e. The maximum absolute atomic E-state index is 11.2. The van der Waals surface area contributed by atoms with Gasteiger partial charge in [-0.05, 0) is 12.1 Å². The van der Waals surface area contributed by atoms with Crippen molar-refractivity contribution in [2.75, 3.05) is 20.0 Å². The van der Waals surface area contributed by atoms with Gasteiger partial charge in [0.05, 0.1) is 18.8 Å². The van der Waals surface area contributed by atoms with Crippen molar-refractivity contribution in [3.05, 3.63) is 35.9 Å². The summed E-state index contributed by atoms with van der Waals surface area (Å²) in [6, 6.07) is 8.65. The number of hydrogen-bond acceptors (Lipinski definition) is 4. The SMILES string of the molecule is O=C(OCOCCO)c1ccccc1. The minimum Gasteiger partial charge on any atom is -0.435 e. The van der Waals surface area contributed by atoms with Gasteiger partial charge in [0.15, 0.2) is 6.79 Å². The lowest BCUT2D eigenvalue weighted by atomic mass is 10.2. The van der Waals surface area contributed by atoms with Crippen LogP contribution in [0.1, 0.15) is 10.4 Å². The van der Waals surface area contributed by atoms with Gasteiger partial charge < -0.3 is 14.6 Å². The van der Waals surface area contributed by atoms with Crippen molar-refractivity contribution in [2.24, 2.45) is 0 Å². The molecule has 0 saturated carbocycles. The van der Waals surface area contributed by atoms with E-state index in [9.17, 15) is 4.79 Å². The molecule has 0 unspecified atom stereocenters. The van der Waals surface area contributed by atoms with Crippen molar-refractivity contribution in [3.63, 3.8) is 0 Å². The molecule has 0 aliphatic rings. The van der Waals surface area contributed by atoms with Crippen LogP contribution in [0.4, 0.5) is 0 Å². The van der Waals surface area contributed by atoms with E-state index in [-0.39, 0.29) is 20.0 Å². The average molecular weight is 196 g/mol.